The Morgan fingerprint density at radius 1 is 1.75 bits per heavy atom. The van der Waals surface area contributed by atoms with E-state index in [0.717, 1.165) is 6.29 Å². The fraction of sp³-hybridized carbons (Fsp3) is 0.800. The molecule has 0 aromatic carbocycles. The van der Waals surface area contributed by atoms with E-state index in [2.05, 4.69) is 5.32 Å². The van der Waals surface area contributed by atoms with Crippen LogP contribution in [0.15, 0.2) is 0 Å². The summed E-state index contributed by atoms with van der Waals surface area (Å²) in [6, 6.07) is -0.106. The topological polar surface area (TPSA) is 49.3 Å². The highest BCUT2D eigenvalue weighted by Gasteiger charge is 2.20. The highest BCUT2D eigenvalue weighted by Crippen LogP contribution is 2.02. The summed E-state index contributed by atoms with van der Waals surface area (Å²) in [6.45, 7) is 0.559. The standard InChI is InChI=1S/C5H9NO2/c7-3-4-1-5(8)2-6-4/h3-6,8H,1-2H2. The smallest absolute Gasteiger partial charge is 0.136 e. The van der Waals surface area contributed by atoms with Crippen molar-refractivity contribution < 1.29 is 9.90 Å². The molecular formula is C5H9NO2. The Balaban J connectivity index is 2.32. The van der Waals surface area contributed by atoms with Crippen molar-refractivity contribution in [3.63, 3.8) is 0 Å². The van der Waals surface area contributed by atoms with Crippen molar-refractivity contribution in [2.45, 2.75) is 18.6 Å². The van der Waals surface area contributed by atoms with Gasteiger partial charge in [-0.05, 0) is 6.42 Å². The van der Waals surface area contributed by atoms with Gasteiger partial charge in [0, 0.05) is 6.54 Å². The number of hydrogen-bond donors (Lipinski definition) is 2. The Labute approximate surface area is 47.7 Å². The Bertz CT molecular complexity index is 94.4. The maximum absolute atomic E-state index is 9.98. The zero-order valence-corrected chi connectivity index (χ0v) is 4.50. The summed E-state index contributed by atoms with van der Waals surface area (Å²) in [7, 11) is 0. The SMILES string of the molecule is O=CC1CC(O)CN1. The van der Waals surface area contributed by atoms with E-state index in [-0.39, 0.29) is 12.1 Å². The molecular weight excluding hydrogens is 106 g/mol. The Morgan fingerprint density at radius 2 is 2.50 bits per heavy atom. The van der Waals surface area contributed by atoms with Crippen molar-refractivity contribution in [1.82, 2.24) is 5.32 Å². The molecule has 2 unspecified atom stereocenters. The van der Waals surface area contributed by atoms with Crippen molar-refractivity contribution in [3.05, 3.63) is 0 Å². The third-order valence-corrected chi connectivity index (χ3v) is 1.31. The van der Waals surface area contributed by atoms with E-state index < -0.39 is 0 Å². The second-order valence-electron chi connectivity index (χ2n) is 2.04. The van der Waals surface area contributed by atoms with E-state index in [9.17, 15) is 4.79 Å². The van der Waals surface area contributed by atoms with Crippen molar-refractivity contribution in [3.8, 4) is 0 Å². The third kappa shape index (κ3) is 1.05. The first-order chi connectivity index (χ1) is 3.83. The maximum Gasteiger partial charge on any atom is 0.136 e. The molecule has 46 valence electrons. The number of rotatable bonds is 1. The number of aliphatic hydroxyl groups excluding tert-OH is 1. The molecule has 0 aromatic heterocycles. The van der Waals surface area contributed by atoms with E-state index in [0.29, 0.717) is 13.0 Å². The zero-order chi connectivity index (χ0) is 5.98. The fourth-order valence-electron chi connectivity index (χ4n) is 0.851. The highest BCUT2D eigenvalue weighted by atomic mass is 16.3. The van der Waals surface area contributed by atoms with Crippen LogP contribution in [0.2, 0.25) is 0 Å². The molecule has 0 aromatic rings. The van der Waals surface area contributed by atoms with Gasteiger partial charge in [0.2, 0.25) is 0 Å². The van der Waals surface area contributed by atoms with Gasteiger partial charge in [-0.25, -0.2) is 0 Å². The summed E-state index contributed by atoms with van der Waals surface area (Å²) in [5.74, 6) is 0. The molecule has 1 saturated heterocycles. The van der Waals surface area contributed by atoms with Gasteiger partial charge in [0.1, 0.15) is 6.29 Å². The van der Waals surface area contributed by atoms with Gasteiger partial charge in [0.15, 0.2) is 0 Å². The van der Waals surface area contributed by atoms with E-state index >= 15 is 0 Å². The molecule has 0 saturated carbocycles. The van der Waals surface area contributed by atoms with Crippen LogP contribution < -0.4 is 5.32 Å². The Hall–Kier alpha value is -0.410. The number of carbonyl (C=O) groups excluding carboxylic acids is 1. The molecule has 3 heteroatoms. The van der Waals surface area contributed by atoms with Gasteiger partial charge in [0.05, 0.1) is 12.1 Å². The predicted octanol–water partition coefficient (Wildman–Crippen LogP) is -1.09. The highest BCUT2D eigenvalue weighted by molar-refractivity contribution is 5.58. The molecule has 0 spiro atoms. The normalized spacial score (nSPS) is 37.6. The third-order valence-electron chi connectivity index (χ3n) is 1.31. The lowest BCUT2D eigenvalue weighted by Gasteiger charge is -1.94. The van der Waals surface area contributed by atoms with Crippen LogP contribution in [0.5, 0.6) is 0 Å². The summed E-state index contributed by atoms with van der Waals surface area (Å²) in [4.78, 5) is 9.98. The van der Waals surface area contributed by atoms with Gasteiger partial charge in [-0.2, -0.15) is 0 Å². The van der Waals surface area contributed by atoms with Gasteiger partial charge in [-0.15, -0.1) is 0 Å². The van der Waals surface area contributed by atoms with Crippen molar-refractivity contribution in [1.29, 1.82) is 0 Å². The molecule has 0 aliphatic carbocycles. The zero-order valence-electron chi connectivity index (χ0n) is 4.50. The van der Waals surface area contributed by atoms with Crippen molar-refractivity contribution in [2.24, 2.45) is 0 Å². The van der Waals surface area contributed by atoms with Crippen molar-refractivity contribution in [2.75, 3.05) is 6.54 Å². The van der Waals surface area contributed by atoms with Crippen LogP contribution in [-0.2, 0) is 4.79 Å². The minimum Gasteiger partial charge on any atom is -0.392 e. The van der Waals surface area contributed by atoms with Crippen LogP contribution in [0.1, 0.15) is 6.42 Å². The number of aldehydes is 1. The second kappa shape index (κ2) is 2.24. The van der Waals surface area contributed by atoms with Crippen LogP contribution in [0.4, 0.5) is 0 Å². The largest absolute Gasteiger partial charge is 0.392 e. The Morgan fingerprint density at radius 3 is 2.75 bits per heavy atom. The number of carbonyl (C=O) groups is 1. The molecule has 1 aliphatic heterocycles. The lowest BCUT2D eigenvalue weighted by molar-refractivity contribution is -0.109. The number of nitrogens with one attached hydrogen (secondary N) is 1. The number of hydrogen-bond acceptors (Lipinski definition) is 3. The monoisotopic (exact) mass is 115 g/mol. The quantitative estimate of drug-likeness (QED) is 0.427. The molecule has 1 rings (SSSR count). The molecule has 1 aliphatic rings. The summed E-state index contributed by atoms with van der Waals surface area (Å²) < 4.78 is 0. The average Bonchev–Trinajstić information content (AvgIpc) is 2.14. The molecule has 0 amide bonds. The fourth-order valence-corrected chi connectivity index (χ4v) is 0.851. The van der Waals surface area contributed by atoms with E-state index in [1.54, 1.807) is 0 Å². The molecule has 0 radical (unpaired) electrons. The lowest BCUT2D eigenvalue weighted by atomic mass is 10.2. The minimum atomic E-state index is -0.315. The summed E-state index contributed by atoms with van der Waals surface area (Å²) in [5, 5.41) is 11.6. The van der Waals surface area contributed by atoms with E-state index in [4.69, 9.17) is 5.11 Å². The van der Waals surface area contributed by atoms with E-state index in [1.807, 2.05) is 0 Å². The summed E-state index contributed by atoms with van der Waals surface area (Å²) >= 11 is 0. The second-order valence-corrected chi connectivity index (χ2v) is 2.04. The van der Waals surface area contributed by atoms with E-state index in [1.165, 1.54) is 0 Å². The first kappa shape index (κ1) is 5.72. The maximum atomic E-state index is 9.98. The van der Waals surface area contributed by atoms with Crippen LogP contribution >= 0.6 is 0 Å². The van der Waals surface area contributed by atoms with Gasteiger partial charge in [-0.1, -0.05) is 0 Å². The van der Waals surface area contributed by atoms with Gasteiger partial charge >= 0.3 is 0 Å². The molecule has 0 bridgehead atoms. The van der Waals surface area contributed by atoms with Crippen molar-refractivity contribution >= 4 is 6.29 Å². The predicted molar refractivity (Wildman–Crippen MR) is 28.5 cm³/mol. The first-order valence-corrected chi connectivity index (χ1v) is 2.69. The molecule has 1 fully saturated rings. The van der Waals surface area contributed by atoms with Crippen LogP contribution in [0.25, 0.3) is 0 Å². The molecule has 2 N–H and O–H groups in total. The molecule has 3 nitrogen and oxygen atoms in total. The molecule has 2 atom stereocenters. The Kier molecular flexibility index (Phi) is 1.60. The van der Waals surface area contributed by atoms with Crippen LogP contribution in [0, 0.1) is 0 Å². The minimum absolute atomic E-state index is 0.106. The number of β-amino-alcohol motifs (C(OH)–C–C–N with tert-alkyl or cyclic N) is 1. The lowest BCUT2D eigenvalue weighted by Crippen LogP contribution is -2.22. The van der Waals surface area contributed by atoms with Gasteiger partial charge < -0.3 is 15.2 Å². The summed E-state index contributed by atoms with van der Waals surface area (Å²) in [6.07, 6.45) is 1.09. The first-order valence-electron chi connectivity index (χ1n) is 2.69. The van der Waals surface area contributed by atoms with Gasteiger partial charge in [0.25, 0.3) is 0 Å². The molecule has 1 heterocycles. The van der Waals surface area contributed by atoms with Crippen LogP contribution in [0.3, 0.4) is 0 Å². The molecule has 8 heavy (non-hydrogen) atoms. The average molecular weight is 115 g/mol. The van der Waals surface area contributed by atoms with Crippen LogP contribution in [-0.4, -0.2) is 30.1 Å². The van der Waals surface area contributed by atoms with Gasteiger partial charge in [-0.3, -0.25) is 0 Å². The summed E-state index contributed by atoms with van der Waals surface area (Å²) in [5.41, 5.74) is 0. The number of aliphatic hydroxyl groups is 1.